The zero-order valence-corrected chi connectivity index (χ0v) is 30.8. The van der Waals surface area contributed by atoms with Gasteiger partial charge in [-0.2, -0.15) is 0 Å². The first-order valence-electron chi connectivity index (χ1n) is 19.5. The van der Waals surface area contributed by atoms with Crippen molar-refractivity contribution in [3.63, 3.8) is 0 Å². The second kappa shape index (κ2) is 12.5. The van der Waals surface area contributed by atoms with Gasteiger partial charge in [0.05, 0.1) is 17.1 Å². The number of rotatable bonds is 5. The fourth-order valence-corrected chi connectivity index (χ4v) is 9.22. The molecule has 9 aromatic carbocycles. The molecule has 0 saturated carbocycles. The third-order valence-corrected chi connectivity index (χ3v) is 11.7. The topological polar surface area (TPSA) is 24.9 Å². The molecule has 0 aromatic heterocycles. The van der Waals surface area contributed by atoms with E-state index in [0.29, 0.717) is 0 Å². The Morgan fingerprint density at radius 2 is 1.05 bits per heavy atom. The lowest BCUT2D eigenvalue weighted by molar-refractivity contribution is 0.464. The van der Waals surface area contributed by atoms with Crippen molar-refractivity contribution in [2.24, 2.45) is 0 Å². The van der Waals surface area contributed by atoms with Gasteiger partial charge in [-0.1, -0.05) is 121 Å². The monoisotopic (exact) mass is 728 g/mol. The summed E-state index contributed by atoms with van der Waals surface area (Å²) in [5, 5.41) is 2.37. The smallest absolute Gasteiger partial charge is 0.260 e. The first-order chi connectivity index (χ1) is 28.3. The average molecular weight is 729 g/mol. The van der Waals surface area contributed by atoms with Crippen molar-refractivity contribution < 1.29 is 9.47 Å². The Morgan fingerprint density at radius 1 is 0.421 bits per heavy atom. The van der Waals surface area contributed by atoms with Gasteiger partial charge in [0, 0.05) is 38.9 Å². The van der Waals surface area contributed by atoms with Crippen LogP contribution in [0.25, 0.3) is 33.0 Å². The summed E-state index contributed by atoms with van der Waals surface area (Å²) in [4.78, 5) is 4.80. The largest absolute Gasteiger partial charge is 0.458 e. The fourth-order valence-electron chi connectivity index (χ4n) is 9.22. The molecule has 0 fully saturated rings. The van der Waals surface area contributed by atoms with Crippen LogP contribution in [0.4, 0.5) is 34.1 Å². The molecule has 5 heteroatoms. The van der Waals surface area contributed by atoms with E-state index in [4.69, 9.17) is 9.47 Å². The molecule has 0 unspecified atom stereocenters. The second-order valence-electron chi connectivity index (χ2n) is 14.8. The second-order valence-corrected chi connectivity index (χ2v) is 14.8. The minimum absolute atomic E-state index is 0.0832. The quantitative estimate of drug-likeness (QED) is 0.165. The number of hydrogen-bond acceptors (Lipinski definition) is 4. The van der Waals surface area contributed by atoms with Crippen LogP contribution < -0.4 is 35.7 Å². The highest BCUT2D eigenvalue weighted by molar-refractivity contribution is 6.98. The molecular weight excluding hydrogens is 695 g/mol. The molecule has 0 bridgehead atoms. The highest BCUT2D eigenvalue weighted by atomic mass is 16.5. The third-order valence-electron chi connectivity index (χ3n) is 11.7. The normalized spacial score (nSPS) is 12.8. The molecule has 3 aliphatic rings. The molecule has 0 atom stereocenters. The van der Waals surface area contributed by atoms with Crippen molar-refractivity contribution in [2.75, 3.05) is 9.80 Å². The van der Waals surface area contributed by atoms with Crippen molar-refractivity contribution in [3.05, 3.63) is 200 Å². The standard InChI is InChI=1S/C52H33BN2O2/c1-5-15-34(16-6-1)35-27-30-47-42(31-35)53-43-33-46-41(32-50(43)57-49-26-14-25-48(56-47)52(49)53)39-28-29-44(54(36-17-7-2-8-18-36)37-19-9-3-10-20-37)40-23-13-24-45(51(39)40)55(46)38-21-11-4-12-22-38/h1-33H. The Labute approximate surface area is 331 Å². The molecule has 266 valence electrons. The van der Waals surface area contributed by atoms with E-state index < -0.39 is 0 Å². The summed E-state index contributed by atoms with van der Waals surface area (Å²) >= 11 is 0. The maximum Gasteiger partial charge on any atom is 0.260 e. The Hall–Kier alpha value is -7.50. The molecule has 0 N–H and O–H groups in total. The maximum absolute atomic E-state index is 6.92. The summed E-state index contributed by atoms with van der Waals surface area (Å²) < 4.78 is 13.5. The number of benzene rings is 9. The molecule has 0 aliphatic carbocycles. The summed E-state index contributed by atoms with van der Waals surface area (Å²) in [6, 6.07) is 71.3. The van der Waals surface area contributed by atoms with Crippen LogP contribution in [0.2, 0.25) is 0 Å². The van der Waals surface area contributed by atoms with Gasteiger partial charge in [-0.3, -0.25) is 0 Å². The van der Waals surface area contributed by atoms with Gasteiger partial charge >= 0.3 is 0 Å². The predicted molar refractivity (Wildman–Crippen MR) is 235 cm³/mol. The van der Waals surface area contributed by atoms with E-state index in [-0.39, 0.29) is 6.71 Å². The van der Waals surface area contributed by atoms with Crippen molar-refractivity contribution in [1.82, 2.24) is 0 Å². The van der Waals surface area contributed by atoms with Crippen LogP contribution in [-0.4, -0.2) is 6.71 Å². The summed E-state index contributed by atoms with van der Waals surface area (Å²) in [6.07, 6.45) is 0. The number of ether oxygens (including phenoxy) is 2. The summed E-state index contributed by atoms with van der Waals surface area (Å²) in [5.74, 6) is 3.41. The molecule has 0 spiro atoms. The van der Waals surface area contributed by atoms with Crippen LogP contribution in [-0.2, 0) is 0 Å². The van der Waals surface area contributed by atoms with Gasteiger partial charge in [0.15, 0.2) is 0 Å². The molecule has 0 radical (unpaired) electrons. The Balaban J connectivity index is 1.11. The molecule has 9 aromatic rings. The van der Waals surface area contributed by atoms with Gasteiger partial charge in [-0.25, -0.2) is 0 Å². The summed E-state index contributed by atoms with van der Waals surface area (Å²) in [6.45, 7) is -0.0832. The average Bonchev–Trinajstić information content (AvgIpc) is 3.28. The van der Waals surface area contributed by atoms with Gasteiger partial charge in [0.25, 0.3) is 6.71 Å². The molecule has 0 amide bonds. The lowest BCUT2D eigenvalue weighted by atomic mass is 9.34. The van der Waals surface area contributed by atoms with E-state index in [9.17, 15) is 0 Å². The first kappa shape index (κ1) is 31.8. The zero-order chi connectivity index (χ0) is 37.5. The molecule has 4 nitrogen and oxygen atoms in total. The highest BCUT2D eigenvalue weighted by Gasteiger charge is 2.42. The first-order valence-corrected chi connectivity index (χ1v) is 19.5. The van der Waals surface area contributed by atoms with Crippen LogP contribution in [0, 0.1) is 0 Å². The van der Waals surface area contributed by atoms with Crippen molar-refractivity contribution in [2.45, 2.75) is 0 Å². The Morgan fingerprint density at radius 3 is 1.77 bits per heavy atom. The van der Waals surface area contributed by atoms with Crippen molar-refractivity contribution >= 4 is 68.0 Å². The van der Waals surface area contributed by atoms with Gasteiger partial charge in [-0.05, 0) is 106 Å². The SMILES string of the molecule is c1ccc(-c2ccc3c(c2)B2c4cc5c(cc4Oc4cccc(c42)O3)-c2ccc(N(c3ccccc3)c3ccccc3)c3cccc(c23)N5c2ccccc2)cc1. The lowest BCUT2D eigenvalue weighted by Gasteiger charge is -2.38. The molecule has 12 rings (SSSR count). The van der Waals surface area contributed by atoms with Crippen LogP contribution in [0.3, 0.4) is 0 Å². The fraction of sp³-hybridized carbons (Fsp3) is 0. The lowest BCUT2D eigenvalue weighted by Crippen LogP contribution is -2.57. The van der Waals surface area contributed by atoms with Gasteiger partial charge in [-0.15, -0.1) is 0 Å². The molecule has 3 heterocycles. The predicted octanol–water partition coefficient (Wildman–Crippen LogP) is 12.2. The van der Waals surface area contributed by atoms with Crippen molar-refractivity contribution in [3.8, 4) is 45.3 Å². The number of anilines is 6. The molecular formula is C52H33BN2O2. The maximum atomic E-state index is 6.92. The molecule has 57 heavy (non-hydrogen) atoms. The van der Waals surface area contributed by atoms with E-state index >= 15 is 0 Å². The van der Waals surface area contributed by atoms with E-state index in [1.165, 1.54) is 21.9 Å². The van der Waals surface area contributed by atoms with Crippen LogP contribution >= 0.6 is 0 Å². The van der Waals surface area contributed by atoms with Gasteiger partial charge in [0.1, 0.15) is 23.0 Å². The zero-order valence-electron chi connectivity index (χ0n) is 30.8. The van der Waals surface area contributed by atoms with E-state index in [2.05, 4.69) is 204 Å². The van der Waals surface area contributed by atoms with E-state index in [1.807, 2.05) is 6.07 Å². The number of nitrogens with zero attached hydrogens (tertiary/aromatic N) is 2. The summed E-state index contributed by atoms with van der Waals surface area (Å²) in [5.41, 5.74) is 14.7. The third kappa shape index (κ3) is 4.89. The molecule has 0 saturated heterocycles. The Bertz CT molecular complexity index is 2990. The van der Waals surface area contributed by atoms with Crippen LogP contribution in [0.1, 0.15) is 0 Å². The van der Waals surface area contributed by atoms with Crippen molar-refractivity contribution in [1.29, 1.82) is 0 Å². The van der Waals surface area contributed by atoms with E-state index in [0.717, 1.165) is 84.6 Å². The van der Waals surface area contributed by atoms with Gasteiger partial charge in [0.2, 0.25) is 0 Å². The number of fused-ring (bicyclic) bond motifs is 6. The van der Waals surface area contributed by atoms with E-state index in [1.54, 1.807) is 0 Å². The van der Waals surface area contributed by atoms with Gasteiger partial charge < -0.3 is 19.3 Å². The number of hydrogen-bond donors (Lipinski definition) is 0. The van der Waals surface area contributed by atoms with Crippen LogP contribution in [0.15, 0.2) is 200 Å². The Kier molecular flexibility index (Phi) is 6.99. The van der Waals surface area contributed by atoms with Crippen LogP contribution in [0.5, 0.6) is 23.0 Å². The highest BCUT2D eigenvalue weighted by Crippen LogP contribution is 2.54. The summed E-state index contributed by atoms with van der Waals surface area (Å²) in [7, 11) is 0. The minimum Gasteiger partial charge on any atom is -0.458 e. The molecule has 3 aliphatic heterocycles. The number of para-hydroxylation sites is 3. The minimum atomic E-state index is -0.0832.